The molecule has 1 aromatic rings. The predicted molar refractivity (Wildman–Crippen MR) is 78.5 cm³/mol. The first-order chi connectivity index (χ1) is 9.04. The van der Waals surface area contributed by atoms with Crippen LogP contribution in [0.5, 0.6) is 0 Å². The Labute approximate surface area is 115 Å². The number of rotatable bonds is 6. The molecule has 0 aromatic heterocycles. The Morgan fingerprint density at radius 1 is 1.32 bits per heavy atom. The second-order valence-corrected chi connectivity index (χ2v) is 4.51. The summed E-state index contributed by atoms with van der Waals surface area (Å²) in [6.07, 6.45) is 0.517. The molecule has 1 rings (SSSR count). The van der Waals surface area contributed by atoms with Gasteiger partial charge in [0, 0.05) is 12.1 Å². The van der Waals surface area contributed by atoms with Crippen molar-refractivity contribution < 1.29 is 9.53 Å². The van der Waals surface area contributed by atoms with E-state index in [4.69, 9.17) is 4.74 Å². The van der Waals surface area contributed by atoms with Crippen molar-refractivity contribution in [2.75, 3.05) is 6.61 Å². The monoisotopic (exact) mass is 259 g/mol. The zero-order valence-electron chi connectivity index (χ0n) is 11.8. The standard InChI is InChI=1S/C16H21NO2/c1-5-19-16(18)15(11-12(2)3)17-13(4)14-9-7-6-8-10-14/h6-10,15H,2,5,11H2,1,3-4H3/t15-/m0/s1. The fourth-order valence-corrected chi connectivity index (χ4v) is 1.74. The molecule has 0 unspecified atom stereocenters. The Balaban J connectivity index is 2.92. The summed E-state index contributed by atoms with van der Waals surface area (Å²) in [6.45, 7) is 9.79. The number of aliphatic imine (C=N–C) groups is 1. The summed E-state index contributed by atoms with van der Waals surface area (Å²) in [5.74, 6) is -0.291. The first kappa shape index (κ1) is 15.2. The number of carbonyl (C=O) groups excluding carboxylic acids is 1. The van der Waals surface area contributed by atoms with Gasteiger partial charge in [-0.15, -0.1) is 6.58 Å². The molecule has 3 nitrogen and oxygen atoms in total. The second-order valence-electron chi connectivity index (χ2n) is 4.51. The summed E-state index contributed by atoms with van der Waals surface area (Å²) in [6, 6.07) is 9.30. The Hall–Kier alpha value is -1.90. The smallest absolute Gasteiger partial charge is 0.331 e. The molecule has 0 aliphatic heterocycles. The Kier molecular flexibility index (Phi) is 6.00. The van der Waals surface area contributed by atoms with Crippen LogP contribution in [-0.2, 0) is 9.53 Å². The Morgan fingerprint density at radius 2 is 1.95 bits per heavy atom. The molecule has 0 aliphatic carbocycles. The van der Waals surface area contributed by atoms with Gasteiger partial charge in [0.25, 0.3) is 0 Å². The maximum Gasteiger partial charge on any atom is 0.331 e. The van der Waals surface area contributed by atoms with Gasteiger partial charge in [-0.2, -0.15) is 0 Å². The molecule has 3 heteroatoms. The van der Waals surface area contributed by atoms with Gasteiger partial charge >= 0.3 is 5.97 Å². The maximum atomic E-state index is 11.9. The molecule has 0 saturated carbocycles. The minimum Gasteiger partial charge on any atom is -0.464 e. The summed E-state index contributed by atoms with van der Waals surface area (Å²) in [7, 11) is 0. The molecular formula is C16H21NO2. The zero-order valence-corrected chi connectivity index (χ0v) is 11.8. The van der Waals surface area contributed by atoms with E-state index in [0.29, 0.717) is 13.0 Å². The number of hydrogen-bond donors (Lipinski definition) is 0. The van der Waals surface area contributed by atoms with Gasteiger partial charge in [-0.3, -0.25) is 4.99 Å². The van der Waals surface area contributed by atoms with Crippen molar-refractivity contribution in [3.63, 3.8) is 0 Å². The third kappa shape index (κ3) is 5.08. The zero-order chi connectivity index (χ0) is 14.3. The van der Waals surface area contributed by atoms with Gasteiger partial charge in [-0.25, -0.2) is 4.79 Å². The van der Waals surface area contributed by atoms with E-state index in [0.717, 1.165) is 16.8 Å². The molecule has 0 spiro atoms. The fraction of sp³-hybridized carbons (Fsp3) is 0.375. The molecule has 19 heavy (non-hydrogen) atoms. The average molecular weight is 259 g/mol. The molecule has 1 aromatic carbocycles. The molecular weight excluding hydrogens is 238 g/mol. The summed E-state index contributed by atoms with van der Waals surface area (Å²) < 4.78 is 5.05. The lowest BCUT2D eigenvalue weighted by molar-refractivity contribution is -0.144. The highest BCUT2D eigenvalue weighted by Gasteiger charge is 2.19. The van der Waals surface area contributed by atoms with Crippen molar-refractivity contribution in [3.8, 4) is 0 Å². The molecule has 1 atom stereocenters. The molecule has 0 amide bonds. The summed E-state index contributed by atoms with van der Waals surface area (Å²) in [5.41, 5.74) is 2.76. The van der Waals surface area contributed by atoms with Crippen LogP contribution < -0.4 is 0 Å². The lowest BCUT2D eigenvalue weighted by atomic mass is 10.1. The van der Waals surface area contributed by atoms with E-state index in [1.165, 1.54) is 0 Å². The van der Waals surface area contributed by atoms with Crippen LogP contribution in [0.3, 0.4) is 0 Å². The molecule has 102 valence electrons. The molecule has 0 saturated heterocycles. The summed E-state index contributed by atoms with van der Waals surface area (Å²) in [5, 5.41) is 0. The molecule has 0 fully saturated rings. The van der Waals surface area contributed by atoms with Gasteiger partial charge in [-0.05, 0) is 26.3 Å². The number of hydrogen-bond acceptors (Lipinski definition) is 3. The fourth-order valence-electron chi connectivity index (χ4n) is 1.74. The second kappa shape index (κ2) is 7.52. The molecule has 0 aliphatic rings. The normalized spacial score (nSPS) is 12.9. The van der Waals surface area contributed by atoms with E-state index in [-0.39, 0.29) is 5.97 Å². The predicted octanol–water partition coefficient (Wildman–Crippen LogP) is 3.39. The minimum absolute atomic E-state index is 0.291. The number of ether oxygens (including phenoxy) is 1. The van der Waals surface area contributed by atoms with Crippen LogP contribution in [0.25, 0.3) is 0 Å². The maximum absolute atomic E-state index is 11.9. The number of nitrogens with zero attached hydrogens (tertiary/aromatic N) is 1. The highest BCUT2D eigenvalue weighted by atomic mass is 16.5. The number of benzene rings is 1. The van der Waals surface area contributed by atoms with Crippen molar-refractivity contribution in [2.45, 2.75) is 33.2 Å². The largest absolute Gasteiger partial charge is 0.464 e. The number of esters is 1. The minimum atomic E-state index is -0.502. The van der Waals surface area contributed by atoms with Crippen molar-refractivity contribution in [1.29, 1.82) is 0 Å². The van der Waals surface area contributed by atoms with Crippen LogP contribution in [0.1, 0.15) is 32.8 Å². The first-order valence-electron chi connectivity index (χ1n) is 6.45. The summed E-state index contributed by atoms with van der Waals surface area (Å²) in [4.78, 5) is 16.4. The van der Waals surface area contributed by atoms with E-state index in [9.17, 15) is 4.79 Å². The molecule has 0 radical (unpaired) electrons. The van der Waals surface area contributed by atoms with E-state index in [1.807, 2.05) is 44.2 Å². The molecule has 0 N–H and O–H groups in total. The van der Waals surface area contributed by atoms with Crippen LogP contribution in [0.4, 0.5) is 0 Å². The Morgan fingerprint density at radius 3 is 2.47 bits per heavy atom. The van der Waals surface area contributed by atoms with E-state index < -0.39 is 6.04 Å². The van der Waals surface area contributed by atoms with Crippen LogP contribution in [-0.4, -0.2) is 24.3 Å². The van der Waals surface area contributed by atoms with Crippen molar-refractivity contribution in [3.05, 3.63) is 48.0 Å². The van der Waals surface area contributed by atoms with Crippen LogP contribution in [0.15, 0.2) is 47.5 Å². The highest BCUT2D eigenvalue weighted by molar-refractivity contribution is 5.99. The van der Waals surface area contributed by atoms with E-state index >= 15 is 0 Å². The quantitative estimate of drug-likeness (QED) is 0.446. The lowest BCUT2D eigenvalue weighted by Crippen LogP contribution is -2.23. The third-order valence-electron chi connectivity index (χ3n) is 2.64. The van der Waals surface area contributed by atoms with Gasteiger partial charge in [0.1, 0.15) is 0 Å². The average Bonchev–Trinajstić information content (AvgIpc) is 2.38. The third-order valence-corrected chi connectivity index (χ3v) is 2.64. The number of carbonyl (C=O) groups is 1. The van der Waals surface area contributed by atoms with Gasteiger partial charge in [0.05, 0.1) is 6.61 Å². The van der Waals surface area contributed by atoms with Crippen molar-refractivity contribution in [1.82, 2.24) is 0 Å². The van der Waals surface area contributed by atoms with Crippen molar-refractivity contribution in [2.24, 2.45) is 4.99 Å². The van der Waals surface area contributed by atoms with Crippen molar-refractivity contribution >= 4 is 11.7 Å². The van der Waals surface area contributed by atoms with Crippen LogP contribution >= 0.6 is 0 Å². The molecule has 0 bridgehead atoms. The SMILES string of the molecule is C=C(C)C[C@H](N=C(C)c1ccccc1)C(=O)OCC. The van der Waals surface area contributed by atoms with E-state index in [1.54, 1.807) is 6.92 Å². The van der Waals surface area contributed by atoms with Gasteiger partial charge < -0.3 is 4.74 Å². The first-order valence-corrected chi connectivity index (χ1v) is 6.45. The topological polar surface area (TPSA) is 38.7 Å². The van der Waals surface area contributed by atoms with E-state index in [2.05, 4.69) is 11.6 Å². The van der Waals surface area contributed by atoms with Crippen LogP contribution in [0, 0.1) is 0 Å². The van der Waals surface area contributed by atoms with Gasteiger partial charge in [-0.1, -0.05) is 35.9 Å². The molecule has 0 heterocycles. The van der Waals surface area contributed by atoms with Gasteiger partial charge in [0.2, 0.25) is 0 Å². The lowest BCUT2D eigenvalue weighted by Gasteiger charge is -2.13. The Bertz CT molecular complexity index is 463. The van der Waals surface area contributed by atoms with Gasteiger partial charge in [0.15, 0.2) is 6.04 Å². The van der Waals surface area contributed by atoms with Crippen LogP contribution in [0.2, 0.25) is 0 Å². The summed E-state index contributed by atoms with van der Waals surface area (Å²) >= 11 is 0. The highest BCUT2D eigenvalue weighted by Crippen LogP contribution is 2.11.